The average Bonchev–Trinajstić information content (AvgIpc) is 2.52. The Hall–Kier alpha value is -2.27. The van der Waals surface area contributed by atoms with Gasteiger partial charge in [-0.3, -0.25) is 0 Å². The van der Waals surface area contributed by atoms with Gasteiger partial charge in [0.15, 0.2) is 0 Å². The molecule has 0 aliphatic rings. The summed E-state index contributed by atoms with van der Waals surface area (Å²) in [5, 5.41) is 9.15. The highest BCUT2D eigenvalue weighted by Crippen LogP contribution is 2.27. The third-order valence-electron chi connectivity index (χ3n) is 3.21. The van der Waals surface area contributed by atoms with Gasteiger partial charge in [0.25, 0.3) is 0 Å². The summed E-state index contributed by atoms with van der Waals surface area (Å²) in [5.74, 6) is 0.685. The quantitative estimate of drug-likeness (QED) is 0.703. The average molecular weight is 265 g/mol. The lowest BCUT2D eigenvalue weighted by Gasteiger charge is -2.10. The number of rotatable bonds is 6. The molecule has 0 atom stereocenters. The van der Waals surface area contributed by atoms with E-state index in [4.69, 9.17) is 10.00 Å². The molecule has 2 rings (SSSR count). The second kappa shape index (κ2) is 7.35. The van der Waals surface area contributed by atoms with Crippen molar-refractivity contribution in [3.8, 4) is 22.9 Å². The van der Waals surface area contributed by atoms with Gasteiger partial charge in [0.1, 0.15) is 11.8 Å². The third kappa shape index (κ3) is 3.61. The number of hydrogen-bond acceptors (Lipinski definition) is 2. The first-order valence-electron chi connectivity index (χ1n) is 7.07. The van der Waals surface area contributed by atoms with E-state index >= 15 is 0 Å². The van der Waals surface area contributed by atoms with Gasteiger partial charge in [0.2, 0.25) is 0 Å². The Morgan fingerprint density at radius 1 is 1.00 bits per heavy atom. The zero-order valence-electron chi connectivity index (χ0n) is 11.8. The zero-order chi connectivity index (χ0) is 14.2. The first kappa shape index (κ1) is 14.1. The summed E-state index contributed by atoms with van der Waals surface area (Å²) in [6.45, 7) is 2.83. The Morgan fingerprint density at radius 3 is 2.50 bits per heavy atom. The van der Waals surface area contributed by atoms with Gasteiger partial charge in [-0.15, -0.1) is 0 Å². The molecule has 0 aliphatic carbocycles. The highest BCUT2D eigenvalue weighted by Gasteiger charge is 2.06. The van der Waals surface area contributed by atoms with E-state index in [-0.39, 0.29) is 0 Å². The van der Waals surface area contributed by atoms with E-state index in [2.05, 4.69) is 25.1 Å². The molecule has 0 heterocycles. The Morgan fingerprint density at radius 2 is 1.80 bits per heavy atom. The maximum absolute atomic E-state index is 9.15. The SMILES string of the molecule is CCCCCOc1cc(-c2ccccc2)ccc1C#N. The number of unbranched alkanes of at least 4 members (excludes halogenated alkanes) is 2. The van der Waals surface area contributed by atoms with Gasteiger partial charge in [-0.05, 0) is 29.7 Å². The number of benzene rings is 2. The Balaban J connectivity index is 2.19. The van der Waals surface area contributed by atoms with Gasteiger partial charge in [0.05, 0.1) is 12.2 Å². The molecule has 0 spiro atoms. The molecular weight excluding hydrogens is 246 g/mol. The first-order valence-corrected chi connectivity index (χ1v) is 7.07. The minimum atomic E-state index is 0.598. The summed E-state index contributed by atoms with van der Waals surface area (Å²) >= 11 is 0. The minimum Gasteiger partial charge on any atom is -0.492 e. The molecule has 2 aromatic rings. The predicted molar refractivity (Wildman–Crippen MR) is 81.6 cm³/mol. The number of nitrogens with zero attached hydrogens (tertiary/aromatic N) is 1. The van der Waals surface area contributed by atoms with Crippen LogP contribution in [-0.2, 0) is 0 Å². The van der Waals surface area contributed by atoms with Gasteiger partial charge in [0, 0.05) is 0 Å². The molecule has 20 heavy (non-hydrogen) atoms. The van der Waals surface area contributed by atoms with Crippen molar-refractivity contribution in [1.29, 1.82) is 5.26 Å². The summed E-state index contributed by atoms with van der Waals surface area (Å²) in [4.78, 5) is 0. The van der Waals surface area contributed by atoms with Crippen molar-refractivity contribution in [2.24, 2.45) is 0 Å². The second-order valence-electron chi connectivity index (χ2n) is 4.74. The van der Waals surface area contributed by atoms with E-state index in [9.17, 15) is 0 Å². The Bertz CT molecular complexity index is 584. The van der Waals surface area contributed by atoms with E-state index in [1.54, 1.807) is 0 Å². The maximum Gasteiger partial charge on any atom is 0.137 e. The van der Waals surface area contributed by atoms with Gasteiger partial charge >= 0.3 is 0 Å². The number of ether oxygens (including phenoxy) is 1. The van der Waals surface area contributed by atoms with Gasteiger partial charge < -0.3 is 4.74 Å². The topological polar surface area (TPSA) is 33.0 Å². The van der Waals surface area contributed by atoms with E-state index < -0.39 is 0 Å². The molecule has 2 heteroatoms. The van der Waals surface area contributed by atoms with Crippen molar-refractivity contribution < 1.29 is 4.74 Å². The molecule has 0 radical (unpaired) electrons. The molecule has 0 aromatic heterocycles. The lowest BCUT2D eigenvalue weighted by molar-refractivity contribution is 0.305. The fraction of sp³-hybridized carbons (Fsp3) is 0.278. The van der Waals surface area contributed by atoms with Crippen LogP contribution in [0.15, 0.2) is 48.5 Å². The molecule has 2 aromatic carbocycles. The zero-order valence-corrected chi connectivity index (χ0v) is 11.8. The third-order valence-corrected chi connectivity index (χ3v) is 3.21. The standard InChI is InChI=1S/C18H19NO/c1-2-3-7-12-20-18-13-16(10-11-17(18)14-19)15-8-5-4-6-9-15/h4-6,8-11,13H,2-3,7,12H2,1H3. The summed E-state index contributed by atoms with van der Waals surface area (Å²) in [5.41, 5.74) is 2.81. The summed E-state index contributed by atoms with van der Waals surface area (Å²) < 4.78 is 5.77. The van der Waals surface area contributed by atoms with Gasteiger partial charge in [-0.25, -0.2) is 0 Å². The normalized spacial score (nSPS) is 10.0. The smallest absolute Gasteiger partial charge is 0.137 e. The second-order valence-corrected chi connectivity index (χ2v) is 4.74. The van der Waals surface area contributed by atoms with Gasteiger partial charge in [-0.1, -0.05) is 56.2 Å². The summed E-state index contributed by atoms with van der Waals surface area (Å²) in [6, 6.07) is 18.1. The van der Waals surface area contributed by atoms with Crippen LogP contribution in [0.4, 0.5) is 0 Å². The van der Waals surface area contributed by atoms with Crippen LogP contribution in [0.1, 0.15) is 31.7 Å². The van der Waals surface area contributed by atoms with Crippen LogP contribution < -0.4 is 4.74 Å². The van der Waals surface area contributed by atoms with Crippen LogP contribution in [0.25, 0.3) is 11.1 Å². The van der Waals surface area contributed by atoms with Crippen molar-refractivity contribution in [3.63, 3.8) is 0 Å². The van der Waals surface area contributed by atoms with Crippen molar-refractivity contribution >= 4 is 0 Å². The van der Waals surface area contributed by atoms with Crippen LogP contribution in [0, 0.1) is 11.3 Å². The molecule has 0 saturated carbocycles. The predicted octanol–water partition coefficient (Wildman–Crippen LogP) is 4.79. The molecule has 0 aliphatic heterocycles. The maximum atomic E-state index is 9.15. The van der Waals surface area contributed by atoms with Crippen LogP contribution in [0.3, 0.4) is 0 Å². The van der Waals surface area contributed by atoms with Crippen LogP contribution in [0.5, 0.6) is 5.75 Å². The van der Waals surface area contributed by atoms with Crippen molar-refractivity contribution in [3.05, 3.63) is 54.1 Å². The molecule has 0 saturated heterocycles. The summed E-state index contributed by atoms with van der Waals surface area (Å²) in [6.07, 6.45) is 3.34. The van der Waals surface area contributed by atoms with Crippen molar-refractivity contribution in [2.45, 2.75) is 26.2 Å². The summed E-state index contributed by atoms with van der Waals surface area (Å²) in [7, 11) is 0. The molecule has 0 bridgehead atoms. The lowest BCUT2D eigenvalue weighted by atomic mass is 10.0. The molecule has 0 unspecified atom stereocenters. The highest BCUT2D eigenvalue weighted by atomic mass is 16.5. The largest absolute Gasteiger partial charge is 0.492 e. The fourth-order valence-corrected chi connectivity index (χ4v) is 2.08. The highest BCUT2D eigenvalue weighted by molar-refractivity contribution is 5.67. The van der Waals surface area contributed by atoms with E-state index in [1.807, 2.05) is 36.4 Å². The monoisotopic (exact) mass is 265 g/mol. The van der Waals surface area contributed by atoms with E-state index in [0.29, 0.717) is 17.9 Å². The first-order chi connectivity index (χ1) is 9.85. The number of nitriles is 1. The van der Waals surface area contributed by atoms with Gasteiger partial charge in [-0.2, -0.15) is 5.26 Å². The van der Waals surface area contributed by atoms with Crippen molar-refractivity contribution in [1.82, 2.24) is 0 Å². The molecule has 0 amide bonds. The van der Waals surface area contributed by atoms with Crippen LogP contribution >= 0.6 is 0 Å². The molecule has 0 fully saturated rings. The van der Waals surface area contributed by atoms with E-state index in [0.717, 1.165) is 24.0 Å². The van der Waals surface area contributed by atoms with Crippen LogP contribution in [-0.4, -0.2) is 6.61 Å². The van der Waals surface area contributed by atoms with Crippen LogP contribution in [0.2, 0.25) is 0 Å². The Kier molecular flexibility index (Phi) is 5.20. The van der Waals surface area contributed by atoms with Crippen molar-refractivity contribution in [2.75, 3.05) is 6.61 Å². The molecular formula is C18H19NO. The molecule has 2 nitrogen and oxygen atoms in total. The number of hydrogen-bond donors (Lipinski definition) is 0. The lowest BCUT2D eigenvalue weighted by Crippen LogP contribution is -1.99. The Labute approximate surface area is 120 Å². The molecule has 0 N–H and O–H groups in total. The minimum absolute atomic E-state index is 0.598. The fourth-order valence-electron chi connectivity index (χ4n) is 2.08. The van der Waals surface area contributed by atoms with E-state index in [1.165, 1.54) is 6.42 Å². The molecule has 102 valence electrons.